The van der Waals surface area contributed by atoms with E-state index in [1.54, 1.807) is 4.90 Å². The van der Waals surface area contributed by atoms with E-state index in [9.17, 15) is 4.79 Å². The highest BCUT2D eigenvalue weighted by Crippen LogP contribution is 2.22. The molecule has 1 atom stereocenters. The van der Waals surface area contributed by atoms with Gasteiger partial charge in [0, 0.05) is 17.3 Å². The molecule has 4 heteroatoms. The van der Waals surface area contributed by atoms with Crippen molar-refractivity contribution in [3.63, 3.8) is 0 Å². The Balaban J connectivity index is 2.31. The fraction of sp³-hybridized carbons (Fsp3) is 0.500. The zero-order valence-electron chi connectivity index (χ0n) is 8.66. The van der Waals surface area contributed by atoms with Crippen LogP contribution in [0.25, 0.3) is 0 Å². The number of carbonyl (C=O) groups is 1. The van der Waals surface area contributed by atoms with Crippen LogP contribution in [0.5, 0.6) is 0 Å². The zero-order valence-corrected chi connectivity index (χ0v) is 8.66. The van der Waals surface area contributed by atoms with Crippen molar-refractivity contribution >= 4 is 6.03 Å². The van der Waals surface area contributed by atoms with E-state index in [1.165, 1.54) is 0 Å². The van der Waals surface area contributed by atoms with Gasteiger partial charge in [-0.25, -0.2) is 4.79 Å². The first-order valence-corrected chi connectivity index (χ1v) is 4.72. The molecule has 0 aromatic rings. The summed E-state index contributed by atoms with van der Waals surface area (Å²) in [5, 5.41) is 5.93. The number of hydrogen-bond acceptors (Lipinski definition) is 2. The molecular formula is C10H15N3O. The van der Waals surface area contributed by atoms with E-state index in [0.717, 1.165) is 5.57 Å². The number of nitrogens with zero attached hydrogens (tertiary/aromatic N) is 1. The quantitative estimate of drug-likeness (QED) is 0.606. The summed E-state index contributed by atoms with van der Waals surface area (Å²) in [6, 6.07) is -0.0533. The van der Waals surface area contributed by atoms with E-state index in [4.69, 9.17) is 0 Å². The van der Waals surface area contributed by atoms with Crippen molar-refractivity contribution in [3.05, 3.63) is 24.0 Å². The number of amides is 2. The number of fused-ring (bicyclic) bond motifs is 1. The van der Waals surface area contributed by atoms with Crippen LogP contribution in [0.1, 0.15) is 20.8 Å². The second kappa shape index (κ2) is 2.77. The number of rotatable bonds is 0. The van der Waals surface area contributed by atoms with E-state index in [1.807, 2.05) is 39.2 Å². The predicted molar refractivity (Wildman–Crippen MR) is 54.3 cm³/mol. The van der Waals surface area contributed by atoms with Crippen molar-refractivity contribution in [1.29, 1.82) is 0 Å². The van der Waals surface area contributed by atoms with E-state index < -0.39 is 0 Å². The molecule has 1 unspecified atom stereocenters. The summed E-state index contributed by atoms with van der Waals surface area (Å²) in [6.45, 7) is 6.03. The van der Waals surface area contributed by atoms with Crippen molar-refractivity contribution in [2.45, 2.75) is 32.5 Å². The molecule has 76 valence electrons. The van der Waals surface area contributed by atoms with Gasteiger partial charge < -0.3 is 10.6 Å². The summed E-state index contributed by atoms with van der Waals surface area (Å²) in [5.41, 5.74) is 0.915. The molecule has 2 N–H and O–H groups in total. The molecule has 0 aromatic heterocycles. The number of urea groups is 1. The van der Waals surface area contributed by atoms with Gasteiger partial charge in [0.15, 0.2) is 0 Å². The minimum atomic E-state index is -0.182. The van der Waals surface area contributed by atoms with Crippen LogP contribution in [-0.4, -0.2) is 22.6 Å². The Kier molecular flexibility index (Phi) is 1.80. The molecule has 14 heavy (non-hydrogen) atoms. The normalized spacial score (nSPS) is 25.4. The Morgan fingerprint density at radius 2 is 2.14 bits per heavy atom. The molecule has 0 saturated heterocycles. The van der Waals surface area contributed by atoms with Gasteiger partial charge in [0.1, 0.15) is 6.17 Å². The van der Waals surface area contributed by atoms with Gasteiger partial charge in [0.05, 0.1) is 0 Å². The van der Waals surface area contributed by atoms with Crippen molar-refractivity contribution in [1.82, 2.24) is 15.5 Å². The maximum atomic E-state index is 11.7. The zero-order chi connectivity index (χ0) is 10.3. The van der Waals surface area contributed by atoms with E-state index in [2.05, 4.69) is 10.6 Å². The Bertz CT molecular complexity index is 325. The Morgan fingerprint density at radius 3 is 2.79 bits per heavy atom. The third-order valence-electron chi connectivity index (χ3n) is 2.36. The molecule has 4 nitrogen and oxygen atoms in total. The molecule has 2 heterocycles. The summed E-state index contributed by atoms with van der Waals surface area (Å²) < 4.78 is 0. The topological polar surface area (TPSA) is 44.4 Å². The number of hydrogen-bond donors (Lipinski definition) is 2. The lowest BCUT2D eigenvalue weighted by atomic mass is 10.1. The lowest BCUT2D eigenvalue weighted by Gasteiger charge is -2.37. The molecule has 0 saturated carbocycles. The van der Waals surface area contributed by atoms with Crippen LogP contribution < -0.4 is 10.6 Å². The van der Waals surface area contributed by atoms with Crippen molar-refractivity contribution in [3.8, 4) is 0 Å². The molecule has 0 spiro atoms. The molecule has 0 radical (unpaired) electrons. The molecule has 0 aliphatic carbocycles. The average Bonchev–Trinajstić information content (AvgIpc) is 2.47. The first kappa shape index (κ1) is 9.12. The fourth-order valence-corrected chi connectivity index (χ4v) is 1.57. The van der Waals surface area contributed by atoms with E-state index >= 15 is 0 Å². The molecule has 2 rings (SSSR count). The highest BCUT2D eigenvalue weighted by molar-refractivity contribution is 5.79. The monoisotopic (exact) mass is 193 g/mol. The second-order valence-corrected chi connectivity index (χ2v) is 4.55. The van der Waals surface area contributed by atoms with Crippen molar-refractivity contribution in [2.75, 3.05) is 0 Å². The minimum absolute atomic E-state index is 0.0406. The van der Waals surface area contributed by atoms with E-state index in [0.29, 0.717) is 0 Å². The summed E-state index contributed by atoms with van der Waals surface area (Å²) in [7, 11) is 0. The van der Waals surface area contributed by atoms with Crippen molar-refractivity contribution in [2.24, 2.45) is 0 Å². The van der Waals surface area contributed by atoms with E-state index in [-0.39, 0.29) is 17.7 Å². The fourth-order valence-electron chi connectivity index (χ4n) is 1.57. The highest BCUT2D eigenvalue weighted by Gasteiger charge is 2.32. The first-order chi connectivity index (χ1) is 6.48. The third-order valence-corrected chi connectivity index (χ3v) is 2.36. The summed E-state index contributed by atoms with van der Waals surface area (Å²) in [5.74, 6) is 0. The molecule has 0 fully saturated rings. The van der Waals surface area contributed by atoms with Gasteiger partial charge in [-0.1, -0.05) is 0 Å². The smallest absolute Gasteiger partial charge is 0.323 e. The SMILES string of the molecule is CC(C)(C)N1C=C2C=CNC2NC1=O. The summed E-state index contributed by atoms with van der Waals surface area (Å²) in [4.78, 5) is 13.4. The Labute approximate surface area is 83.7 Å². The Hall–Kier alpha value is -1.45. The maximum absolute atomic E-state index is 11.7. The predicted octanol–water partition coefficient (Wildman–Crippen LogP) is 1.14. The van der Waals surface area contributed by atoms with Gasteiger partial charge in [-0.2, -0.15) is 0 Å². The van der Waals surface area contributed by atoms with Crippen molar-refractivity contribution < 1.29 is 4.79 Å². The number of nitrogens with one attached hydrogen (secondary N) is 2. The lowest BCUT2D eigenvalue weighted by molar-refractivity contribution is 0.169. The third kappa shape index (κ3) is 1.36. The van der Waals surface area contributed by atoms with Crippen LogP contribution in [0.15, 0.2) is 24.0 Å². The highest BCUT2D eigenvalue weighted by atomic mass is 16.2. The van der Waals surface area contributed by atoms with Gasteiger partial charge in [-0.3, -0.25) is 4.90 Å². The second-order valence-electron chi connectivity index (χ2n) is 4.55. The summed E-state index contributed by atoms with van der Waals surface area (Å²) >= 11 is 0. The molecular weight excluding hydrogens is 178 g/mol. The van der Waals surface area contributed by atoms with Crippen LogP contribution in [0.2, 0.25) is 0 Å². The van der Waals surface area contributed by atoms with Gasteiger partial charge in [-0.15, -0.1) is 0 Å². The van der Waals surface area contributed by atoms with Crippen LogP contribution in [0, 0.1) is 0 Å². The number of carbonyl (C=O) groups excluding carboxylic acids is 1. The molecule has 2 amide bonds. The average molecular weight is 193 g/mol. The van der Waals surface area contributed by atoms with Gasteiger partial charge in [0.2, 0.25) is 0 Å². The van der Waals surface area contributed by atoms with Crippen LogP contribution in [0.3, 0.4) is 0 Å². The lowest BCUT2D eigenvalue weighted by Crippen LogP contribution is -2.56. The Morgan fingerprint density at radius 1 is 1.43 bits per heavy atom. The van der Waals surface area contributed by atoms with Crippen LogP contribution in [0.4, 0.5) is 4.79 Å². The van der Waals surface area contributed by atoms with Crippen LogP contribution in [-0.2, 0) is 0 Å². The minimum Gasteiger partial charge on any atom is -0.368 e. The first-order valence-electron chi connectivity index (χ1n) is 4.72. The maximum Gasteiger partial charge on any atom is 0.323 e. The summed E-state index contributed by atoms with van der Waals surface area (Å²) in [6.07, 6.45) is 5.69. The molecule has 0 bridgehead atoms. The van der Waals surface area contributed by atoms with Gasteiger partial charge in [0.25, 0.3) is 0 Å². The van der Waals surface area contributed by atoms with Gasteiger partial charge >= 0.3 is 6.03 Å². The van der Waals surface area contributed by atoms with Gasteiger partial charge in [-0.05, 0) is 33.0 Å². The standard InChI is InChI=1S/C10H15N3O/c1-10(2,3)13-6-7-4-5-11-8(7)12-9(13)14/h4-6,8,11H,1-3H3,(H,12,14). The molecule has 0 aromatic carbocycles. The largest absolute Gasteiger partial charge is 0.368 e. The molecule has 2 aliphatic rings. The van der Waals surface area contributed by atoms with Crippen LogP contribution >= 0.6 is 0 Å². The molecule has 2 aliphatic heterocycles.